The molecule has 1 saturated heterocycles. The number of carbonyl (C=O) groups excluding carboxylic acids is 2. The Kier molecular flexibility index (Phi) is 4.73. The first kappa shape index (κ1) is 13.0. The average molecular weight is 227 g/mol. The van der Waals surface area contributed by atoms with Crippen molar-refractivity contribution in [1.29, 1.82) is 0 Å². The SMILES string of the molecule is CNC(=O)C1CCCN(C(=O)C(C)CN)C1. The number of nitrogens with one attached hydrogen (secondary N) is 1. The Morgan fingerprint density at radius 2 is 2.25 bits per heavy atom. The molecular formula is C11H21N3O2. The van der Waals surface area contributed by atoms with Crippen LogP contribution >= 0.6 is 0 Å². The van der Waals surface area contributed by atoms with E-state index in [1.54, 1.807) is 11.9 Å². The second-order valence-corrected chi connectivity index (χ2v) is 4.37. The van der Waals surface area contributed by atoms with Crippen LogP contribution in [0.4, 0.5) is 0 Å². The first-order valence-corrected chi connectivity index (χ1v) is 5.80. The summed E-state index contributed by atoms with van der Waals surface area (Å²) in [5.74, 6) is -0.120. The van der Waals surface area contributed by atoms with E-state index in [9.17, 15) is 9.59 Å². The normalized spacial score (nSPS) is 22.7. The van der Waals surface area contributed by atoms with Gasteiger partial charge in [0.15, 0.2) is 0 Å². The molecule has 0 radical (unpaired) electrons. The van der Waals surface area contributed by atoms with Crippen LogP contribution in [0.15, 0.2) is 0 Å². The molecule has 5 nitrogen and oxygen atoms in total. The lowest BCUT2D eigenvalue weighted by Crippen LogP contribution is -2.47. The summed E-state index contributed by atoms with van der Waals surface area (Å²) >= 11 is 0. The molecule has 0 saturated carbocycles. The molecule has 0 spiro atoms. The van der Waals surface area contributed by atoms with E-state index < -0.39 is 0 Å². The Morgan fingerprint density at radius 1 is 1.56 bits per heavy atom. The number of rotatable bonds is 3. The fourth-order valence-electron chi connectivity index (χ4n) is 2.01. The summed E-state index contributed by atoms with van der Waals surface area (Å²) in [6.07, 6.45) is 1.75. The second kappa shape index (κ2) is 5.84. The highest BCUT2D eigenvalue weighted by Crippen LogP contribution is 2.18. The Hall–Kier alpha value is -1.10. The molecule has 2 atom stereocenters. The van der Waals surface area contributed by atoms with Gasteiger partial charge in [0, 0.05) is 32.6 Å². The van der Waals surface area contributed by atoms with Gasteiger partial charge < -0.3 is 16.0 Å². The van der Waals surface area contributed by atoms with Crippen LogP contribution in [0.2, 0.25) is 0 Å². The second-order valence-electron chi connectivity index (χ2n) is 4.37. The minimum absolute atomic E-state index is 0.0258. The highest BCUT2D eigenvalue weighted by molar-refractivity contribution is 5.82. The molecule has 0 aromatic carbocycles. The van der Waals surface area contributed by atoms with E-state index >= 15 is 0 Å². The number of hydrogen-bond acceptors (Lipinski definition) is 3. The van der Waals surface area contributed by atoms with E-state index in [2.05, 4.69) is 5.32 Å². The van der Waals surface area contributed by atoms with Gasteiger partial charge in [-0.15, -0.1) is 0 Å². The summed E-state index contributed by atoms with van der Waals surface area (Å²) < 4.78 is 0. The van der Waals surface area contributed by atoms with Crippen LogP contribution in [-0.2, 0) is 9.59 Å². The summed E-state index contributed by atoms with van der Waals surface area (Å²) in [6.45, 7) is 3.46. The molecule has 2 unspecified atom stereocenters. The van der Waals surface area contributed by atoms with Crippen molar-refractivity contribution in [2.45, 2.75) is 19.8 Å². The van der Waals surface area contributed by atoms with E-state index in [1.165, 1.54) is 0 Å². The third-order valence-electron chi connectivity index (χ3n) is 3.13. The van der Waals surface area contributed by atoms with Gasteiger partial charge in [-0.3, -0.25) is 9.59 Å². The Labute approximate surface area is 96.4 Å². The van der Waals surface area contributed by atoms with E-state index in [0.29, 0.717) is 13.1 Å². The fourth-order valence-corrected chi connectivity index (χ4v) is 2.01. The first-order chi connectivity index (χ1) is 7.60. The van der Waals surface area contributed by atoms with E-state index in [1.807, 2.05) is 6.92 Å². The van der Waals surface area contributed by atoms with Crippen LogP contribution in [0, 0.1) is 11.8 Å². The highest BCUT2D eigenvalue weighted by Gasteiger charge is 2.29. The van der Waals surface area contributed by atoms with Crippen molar-refractivity contribution in [1.82, 2.24) is 10.2 Å². The number of piperidine rings is 1. The molecule has 5 heteroatoms. The number of nitrogens with two attached hydrogens (primary N) is 1. The van der Waals surface area contributed by atoms with Crippen molar-refractivity contribution in [3.05, 3.63) is 0 Å². The summed E-state index contributed by atoms with van der Waals surface area (Å²) in [4.78, 5) is 25.2. The number of amides is 2. The lowest BCUT2D eigenvalue weighted by molar-refractivity contribution is -0.138. The molecule has 3 N–H and O–H groups in total. The molecule has 16 heavy (non-hydrogen) atoms. The van der Waals surface area contributed by atoms with Gasteiger partial charge in [0.1, 0.15) is 0 Å². The molecule has 1 heterocycles. The van der Waals surface area contributed by atoms with Crippen molar-refractivity contribution < 1.29 is 9.59 Å². The van der Waals surface area contributed by atoms with Crippen LogP contribution in [0.25, 0.3) is 0 Å². The van der Waals surface area contributed by atoms with Gasteiger partial charge in [-0.1, -0.05) is 6.92 Å². The molecule has 1 fully saturated rings. The molecule has 92 valence electrons. The summed E-state index contributed by atoms with van der Waals surface area (Å²) in [7, 11) is 1.63. The van der Waals surface area contributed by atoms with Crippen molar-refractivity contribution in [2.24, 2.45) is 17.6 Å². The van der Waals surface area contributed by atoms with Crippen molar-refractivity contribution in [3.8, 4) is 0 Å². The minimum atomic E-state index is -0.150. The van der Waals surface area contributed by atoms with Crippen LogP contribution in [0.5, 0.6) is 0 Å². The number of carbonyl (C=O) groups is 2. The Morgan fingerprint density at radius 3 is 2.81 bits per heavy atom. The molecule has 1 aliphatic heterocycles. The smallest absolute Gasteiger partial charge is 0.226 e. The zero-order valence-corrected chi connectivity index (χ0v) is 10.0. The lowest BCUT2D eigenvalue weighted by atomic mass is 9.96. The van der Waals surface area contributed by atoms with Gasteiger partial charge >= 0.3 is 0 Å². The number of likely N-dealkylation sites (tertiary alicyclic amines) is 1. The third kappa shape index (κ3) is 2.95. The standard InChI is InChI=1S/C11H21N3O2/c1-8(6-12)11(16)14-5-3-4-9(7-14)10(15)13-2/h8-9H,3-7,12H2,1-2H3,(H,13,15). The van der Waals surface area contributed by atoms with Crippen LogP contribution < -0.4 is 11.1 Å². The molecular weight excluding hydrogens is 206 g/mol. The van der Waals surface area contributed by atoms with Crippen LogP contribution in [0.1, 0.15) is 19.8 Å². The zero-order valence-electron chi connectivity index (χ0n) is 10.0. The molecule has 2 amide bonds. The maximum Gasteiger partial charge on any atom is 0.226 e. The maximum absolute atomic E-state index is 11.9. The largest absolute Gasteiger partial charge is 0.359 e. The monoisotopic (exact) mass is 227 g/mol. The van der Waals surface area contributed by atoms with Gasteiger partial charge in [0.05, 0.1) is 5.92 Å². The quantitative estimate of drug-likeness (QED) is 0.686. The van der Waals surface area contributed by atoms with E-state index in [0.717, 1.165) is 19.4 Å². The topological polar surface area (TPSA) is 75.4 Å². The van der Waals surface area contributed by atoms with Gasteiger partial charge in [-0.2, -0.15) is 0 Å². The minimum Gasteiger partial charge on any atom is -0.359 e. The fraction of sp³-hybridized carbons (Fsp3) is 0.818. The van der Waals surface area contributed by atoms with Crippen molar-refractivity contribution in [3.63, 3.8) is 0 Å². The summed E-state index contributed by atoms with van der Waals surface area (Å²) in [6, 6.07) is 0. The highest BCUT2D eigenvalue weighted by atomic mass is 16.2. The number of nitrogens with zero attached hydrogens (tertiary/aromatic N) is 1. The van der Waals surface area contributed by atoms with Gasteiger partial charge in [-0.05, 0) is 12.8 Å². The van der Waals surface area contributed by atoms with Gasteiger partial charge in [-0.25, -0.2) is 0 Å². The predicted molar refractivity (Wildman–Crippen MR) is 61.6 cm³/mol. The van der Waals surface area contributed by atoms with Crippen molar-refractivity contribution in [2.75, 3.05) is 26.7 Å². The third-order valence-corrected chi connectivity index (χ3v) is 3.13. The summed E-state index contributed by atoms with van der Waals surface area (Å²) in [5.41, 5.74) is 5.47. The van der Waals surface area contributed by atoms with E-state index in [4.69, 9.17) is 5.73 Å². The average Bonchev–Trinajstić information content (AvgIpc) is 2.36. The summed E-state index contributed by atoms with van der Waals surface area (Å²) in [5, 5.41) is 2.64. The first-order valence-electron chi connectivity index (χ1n) is 5.80. The number of hydrogen-bond donors (Lipinski definition) is 2. The molecule has 0 bridgehead atoms. The van der Waals surface area contributed by atoms with Crippen LogP contribution in [-0.4, -0.2) is 43.4 Å². The Balaban J connectivity index is 2.56. The van der Waals surface area contributed by atoms with E-state index in [-0.39, 0.29) is 23.7 Å². The molecule has 1 aliphatic rings. The van der Waals surface area contributed by atoms with Gasteiger partial charge in [0.25, 0.3) is 0 Å². The lowest BCUT2D eigenvalue weighted by Gasteiger charge is -2.33. The van der Waals surface area contributed by atoms with Crippen molar-refractivity contribution >= 4 is 11.8 Å². The molecule has 1 rings (SSSR count). The molecule has 0 aliphatic carbocycles. The van der Waals surface area contributed by atoms with Gasteiger partial charge in [0.2, 0.25) is 11.8 Å². The Bertz CT molecular complexity index is 268. The zero-order chi connectivity index (χ0) is 12.1. The molecule has 0 aromatic heterocycles. The molecule has 0 aromatic rings. The maximum atomic E-state index is 11.9. The predicted octanol–water partition coefficient (Wildman–Crippen LogP) is -0.434. The van der Waals surface area contributed by atoms with Crippen LogP contribution in [0.3, 0.4) is 0 Å².